The lowest BCUT2D eigenvalue weighted by Gasteiger charge is -2.34. The Labute approximate surface area is 204 Å². The third-order valence-electron chi connectivity index (χ3n) is 6.02. The molecule has 0 bridgehead atoms. The number of nitrogens with zero attached hydrogens (tertiary/aromatic N) is 2. The number of benzene rings is 1. The van der Waals surface area contributed by atoms with Gasteiger partial charge in [0, 0.05) is 44.9 Å². The van der Waals surface area contributed by atoms with Gasteiger partial charge in [0.05, 0.1) is 18.7 Å². The molecule has 186 valence electrons. The average molecular weight is 483 g/mol. The van der Waals surface area contributed by atoms with Gasteiger partial charge < -0.3 is 19.4 Å². The quantitative estimate of drug-likeness (QED) is 0.243. The zero-order valence-corrected chi connectivity index (χ0v) is 20.1. The van der Waals surface area contributed by atoms with Gasteiger partial charge in [-0.2, -0.15) is 0 Å². The van der Waals surface area contributed by atoms with Crippen molar-refractivity contribution in [3.05, 3.63) is 59.0 Å². The smallest absolute Gasteiger partial charge is 0.278 e. The average Bonchev–Trinajstić information content (AvgIpc) is 3.17. The van der Waals surface area contributed by atoms with Gasteiger partial charge in [-0.1, -0.05) is 11.8 Å². The van der Waals surface area contributed by atoms with Crippen LogP contribution in [0.25, 0.3) is 0 Å². The molecule has 3 rings (SSSR count). The second kappa shape index (κ2) is 11.7. The van der Waals surface area contributed by atoms with Gasteiger partial charge in [0.1, 0.15) is 12.0 Å². The lowest BCUT2D eigenvalue weighted by Crippen LogP contribution is -2.64. The summed E-state index contributed by atoms with van der Waals surface area (Å²) in [5.74, 6) is 4.59. The van der Waals surface area contributed by atoms with Crippen molar-refractivity contribution in [3.8, 4) is 11.8 Å². The fourth-order valence-corrected chi connectivity index (χ4v) is 3.70. The monoisotopic (exact) mass is 482 g/mol. The van der Waals surface area contributed by atoms with Gasteiger partial charge in [0.25, 0.3) is 17.7 Å². The second-order valence-electron chi connectivity index (χ2n) is 8.33. The molecule has 1 aliphatic rings. The van der Waals surface area contributed by atoms with E-state index in [9.17, 15) is 14.4 Å². The predicted molar refractivity (Wildman–Crippen MR) is 126 cm³/mol. The normalized spacial score (nSPS) is 15.7. The minimum Gasteiger partial charge on any atom is -0.467 e. The summed E-state index contributed by atoms with van der Waals surface area (Å²) < 4.78 is 11.1. The third kappa shape index (κ3) is 6.08. The van der Waals surface area contributed by atoms with E-state index in [-0.39, 0.29) is 5.56 Å². The predicted octanol–water partition coefficient (Wildman–Crippen LogP) is 0.984. The molecule has 3 amide bonds. The first-order valence-electron chi connectivity index (χ1n) is 11.2. The van der Waals surface area contributed by atoms with E-state index < -0.39 is 23.3 Å². The Balaban J connectivity index is 1.67. The summed E-state index contributed by atoms with van der Waals surface area (Å²) in [6.07, 6.45) is 2.62. The summed E-state index contributed by atoms with van der Waals surface area (Å²) in [4.78, 5) is 40.7. The van der Waals surface area contributed by atoms with E-state index >= 15 is 0 Å². The number of hydrogen-bond donors (Lipinski definition) is 3. The standard InChI is InChI=1S/C25H30N4O6/c1-25(23(31)26-2,24(32)27-33)28(3)22(30)20-9-7-18(8-10-20)5-6-19-15-21(35-17-19)16-29-11-4-13-34-14-12-29/h7-10,15,17,33H,4,11-14,16H2,1-3H3,(H,26,31)(H,27,32)/t25-/m0/s1. The number of likely N-dealkylation sites (N-methyl/N-ethyl adjacent to an activating group) is 2. The number of nitrogens with one attached hydrogen (secondary N) is 2. The second-order valence-corrected chi connectivity index (χ2v) is 8.33. The maximum Gasteiger partial charge on any atom is 0.278 e. The molecule has 1 atom stereocenters. The van der Waals surface area contributed by atoms with E-state index in [0.29, 0.717) is 12.1 Å². The van der Waals surface area contributed by atoms with Gasteiger partial charge in [0.15, 0.2) is 5.54 Å². The molecule has 0 unspecified atom stereocenters. The van der Waals surface area contributed by atoms with Crippen LogP contribution >= 0.6 is 0 Å². The van der Waals surface area contributed by atoms with Crippen LogP contribution in [0.15, 0.2) is 41.0 Å². The molecule has 0 aliphatic carbocycles. The number of hydrogen-bond acceptors (Lipinski definition) is 7. The molecule has 10 nitrogen and oxygen atoms in total. The molecular weight excluding hydrogens is 452 g/mol. The van der Waals surface area contributed by atoms with Gasteiger partial charge in [-0.3, -0.25) is 24.5 Å². The van der Waals surface area contributed by atoms with Gasteiger partial charge in [0.2, 0.25) is 0 Å². The number of rotatable bonds is 6. The highest BCUT2D eigenvalue weighted by Gasteiger charge is 2.47. The fraction of sp³-hybridized carbons (Fsp3) is 0.400. The van der Waals surface area contributed by atoms with Crippen molar-refractivity contribution < 1.29 is 28.7 Å². The number of furan rings is 1. The van der Waals surface area contributed by atoms with Crippen molar-refractivity contribution >= 4 is 17.7 Å². The highest BCUT2D eigenvalue weighted by molar-refractivity contribution is 6.12. The molecule has 0 spiro atoms. The molecule has 35 heavy (non-hydrogen) atoms. The van der Waals surface area contributed by atoms with Crippen molar-refractivity contribution in [2.24, 2.45) is 0 Å². The van der Waals surface area contributed by atoms with E-state index in [0.717, 1.165) is 48.9 Å². The number of ether oxygens (including phenoxy) is 1. The number of carbonyl (C=O) groups excluding carboxylic acids is 3. The van der Waals surface area contributed by atoms with Crippen LogP contribution in [0.2, 0.25) is 0 Å². The molecule has 1 aromatic carbocycles. The maximum atomic E-state index is 12.9. The molecule has 0 radical (unpaired) electrons. The number of hydroxylamine groups is 1. The summed E-state index contributed by atoms with van der Waals surface area (Å²) in [6.45, 7) is 5.30. The van der Waals surface area contributed by atoms with Gasteiger partial charge in [-0.05, 0) is 43.7 Å². The van der Waals surface area contributed by atoms with Crippen LogP contribution in [-0.2, 0) is 20.9 Å². The van der Waals surface area contributed by atoms with Gasteiger partial charge >= 0.3 is 0 Å². The van der Waals surface area contributed by atoms with Crippen LogP contribution in [0.5, 0.6) is 0 Å². The first-order valence-corrected chi connectivity index (χ1v) is 11.2. The third-order valence-corrected chi connectivity index (χ3v) is 6.02. The summed E-state index contributed by atoms with van der Waals surface area (Å²) in [6, 6.07) is 8.39. The Morgan fingerprint density at radius 3 is 2.51 bits per heavy atom. The van der Waals surface area contributed by atoms with E-state index in [4.69, 9.17) is 14.4 Å². The van der Waals surface area contributed by atoms with E-state index in [1.54, 1.807) is 30.5 Å². The van der Waals surface area contributed by atoms with Crippen LogP contribution in [0.4, 0.5) is 0 Å². The van der Waals surface area contributed by atoms with Crippen molar-refractivity contribution in [3.63, 3.8) is 0 Å². The molecule has 3 N–H and O–H groups in total. The maximum absolute atomic E-state index is 12.9. The number of amides is 3. The molecule has 10 heteroatoms. The molecule has 2 heterocycles. The van der Waals surface area contributed by atoms with Crippen molar-refractivity contribution in [1.29, 1.82) is 0 Å². The minimum absolute atomic E-state index is 0.256. The first-order chi connectivity index (χ1) is 16.8. The molecular formula is C25H30N4O6. The van der Waals surface area contributed by atoms with E-state index in [1.807, 2.05) is 6.07 Å². The highest BCUT2D eigenvalue weighted by Crippen LogP contribution is 2.18. The largest absolute Gasteiger partial charge is 0.467 e. The van der Waals surface area contributed by atoms with Gasteiger partial charge in [-0.15, -0.1) is 0 Å². The minimum atomic E-state index is -1.95. The Bertz CT molecular complexity index is 1090. The molecule has 0 saturated carbocycles. The van der Waals surface area contributed by atoms with Crippen molar-refractivity contribution in [1.82, 2.24) is 20.6 Å². The van der Waals surface area contributed by atoms with E-state index in [1.165, 1.54) is 26.5 Å². The van der Waals surface area contributed by atoms with Crippen LogP contribution in [0, 0.1) is 11.8 Å². The molecule has 1 aromatic heterocycles. The molecule has 2 aromatic rings. The fourth-order valence-electron chi connectivity index (χ4n) is 3.70. The van der Waals surface area contributed by atoms with E-state index in [2.05, 4.69) is 22.1 Å². The Kier molecular flexibility index (Phi) is 8.65. The first kappa shape index (κ1) is 26.0. The molecule has 1 aliphatic heterocycles. The summed E-state index contributed by atoms with van der Waals surface area (Å²) in [5.41, 5.74) is 1.19. The van der Waals surface area contributed by atoms with Gasteiger partial charge in [-0.25, -0.2) is 5.48 Å². The van der Waals surface area contributed by atoms with Crippen LogP contribution in [0.3, 0.4) is 0 Å². The lowest BCUT2D eigenvalue weighted by molar-refractivity contribution is -0.148. The summed E-state index contributed by atoms with van der Waals surface area (Å²) >= 11 is 0. The SMILES string of the molecule is CNC(=O)[C@@](C)(C(=O)NO)N(C)C(=O)c1ccc(C#Cc2coc(CN3CCCOCC3)c2)cc1. The van der Waals surface area contributed by atoms with Crippen LogP contribution in [-0.4, -0.2) is 78.7 Å². The van der Waals surface area contributed by atoms with Crippen LogP contribution in [0.1, 0.15) is 40.6 Å². The highest BCUT2D eigenvalue weighted by atomic mass is 16.5. The lowest BCUT2D eigenvalue weighted by atomic mass is 9.96. The summed E-state index contributed by atoms with van der Waals surface area (Å²) in [5, 5.41) is 11.4. The Hall–Kier alpha value is -3.65. The van der Waals surface area contributed by atoms with Crippen molar-refractivity contribution in [2.75, 3.05) is 40.4 Å². The van der Waals surface area contributed by atoms with Crippen LogP contribution < -0.4 is 10.8 Å². The zero-order chi connectivity index (χ0) is 25.4. The summed E-state index contributed by atoms with van der Waals surface area (Å²) in [7, 11) is 2.65. The number of carbonyl (C=O) groups is 3. The molecule has 1 fully saturated rings. The zero-order valence-electron chi connectivity index (χ0n) is 20.1. The topological polar surface area (TPSA) is 124 Å². The Morgan fingerprint density at radius 1 is 1.11 bits per heavy atom. The molecule has 1 saturated heterocycles. The Morgan fingerprint density at radius 2 is 1.83 bits per heavy atom. The van der Waals surface area contributed by atoms with Crippen molar-refractivity contribution in [2.45, 2.75) is 25.4 Å².